The molecule has 0 unspecified atom stereocenters. The van der Waals surface area contributed by atoms with Crippen molar-refractivity contribution in [3.8, 4) is 11.1 Å². The van der Waals surface area contributed by atoms with Crippen LogP contribution in [-0.2, 0) is 12.8 Å². The van der Waals surface area contributed by atoms with Crippen molar-refractivity contribution in [1.82, 2.24) is 0 Å². The van der Waals surface area contributed by atoms with E-state index in [1.54, 1.807) is 0 Å². The summed E-state index contributed by atoms with van der Waals surface area (Å²) in [6.45, 7) is 4.48. The Bertz CT molecular complexity index is 572. The lowest BCUT2D eigenvalue weighted by Crippen LogP contribution is -1.99. The van der Waals surface area contributed by atoms with Crippen LogP contribution in [0.5, 0.6) is 0 Å². The minimum absolute atomic E-state index is 0.936. The molecular weight excluding hydrogens is 254 g/mol. The van der Waals surface area contributed by atoms with E-state index in [0.29, 0.717) is 0 Å². The van der Waals surface area contributed by atoms with Gasteiger partial charge in [-0.05, 0) is 54.0 Å². The number of anilines is 1. The van der Waals surface area contributed by atoms with Gasteiger partial charge in [-0.15, -0.1) is 0 Å². The minimum Gasteiger partial charge on any atom is -0.398 e. The SMILES string of the molecule is CCCCc1ccccc1-c1cccc(N)c1CCCC. The molecular formula is C20H27N. The molecule has 0 atom stereocenters. The summed E-state index contributed by atoms with van der Waals surface area (Å²) < 4.78 is 0. The lowest BCUT2D eigenvalue weighted by molar-refractivity contribution is 0.792. The van der Waals surface area contributed by atoms with Gasteiger partial charge < -0.3 is 5.73 Å². The molecule has 2 N–H and O–H groups in total. The predicted molar refractivity (Wildman–Crippen MR) is 93.5 cm³/mol. The van der Waals surface area contributed by atoms with Gasteiger partial charge in [0, 0.05) is 5.69 Å². The third kappa shape index (κ3) is 3.87. The summed E-state index contributed by atoms with van der Waals surface area (Å²) in [5.74, 6) is 0. The van der Waals surface area contributed by atoms with E-state index in [4.69, 9.17) is 5.73 Å². The fraction of sp³-hybridized carbons (Fsp3) is 0.400. The van der Waals surface area contributed by atoms with Crippen molar-refractivity contribution in [3.05, 3.63) is 53.6 Å². The highest BCUT2D eigenvalue weighted by Crippen LogP contribution is 2.32. The first-order chi connectivity index (χ1) is 10.3. The predicted octanol–water partition coefficient (Wildman–Crippen LogP) is 5.62. The summed E-state index contributed by atoms with van der Waals surface area (Å²) in [7, 11) is 0. The Hall–Kier alpha value is -1.76. The molecule has 0 fully saturated rings. The van der Waals surface area contributed by atoms with E-state index in [0.717, 1.165) is 18.5 Å². The Morgan fingerprint density at radius 3 is 2.19 bits per heavy atom. The lowest BCUT2D eigenvalue weighted by Gasteiger charge is -2.15. The zero-order chi connectivity index (χ0) is 15.1. The molecule has 0 saturated carbocycles. The number of hydrogen-bond acceptors (Lipinski definition) is 1. The van der Waals surface area contributed by atoms with Crippen molar-refractivity contribution in [2.24, 2.45) is 0 Å². The van der Waals surface area contributed by atoms with Crippen LogP contribution in [0.25, 0.3) is 11.1 Å². The maximum atomic E-state index is 6.25. The molecule has 0 aliphatic heterocycles. The first-order valence-corrected chi connectivity index (χ1v) is 8.23. The first kappa shape index (κ1) is 15.6. The van der Waals surface area contributed by atoms with Gasteiger partial charge in [0.05, 0.1) is 0 Å². The zero-order valence-corrected chi connectivity index (χ0v) is 13.4. The molecule has 0 aliphatic rings. The molecule has 2 aromatic rings. The maximum absolute atomic E-state index is 6.25. The molecule has 0 aliphatic carbocycles. The van der Waals surface area contributed by atoms with E-state index in [2.05, 4.69) is 50.2 Å². The minimum atomic E-state index is 0.936. The quantitative estimate of drug-likeness (QED) is 0.655. The second-order valence-electron chi connectivity index (χ2n) is 5.74. The normalized spacial score (nSPS) is 10.8. The van der Waals surface area contributed by atoms with Gasteiger partial charge in [0.2, 0.25) is 0 Å². The van der Waals surface area contributed by atoms with E-state index in [1.807, 2.05) is 6.07 Å². The molecule has 2 aromatic carbocycles. The number of aryl methyl sites for hydroxylation is 1. The van der Waals surface area contributed by atoms with Crippen LogP contribution >= 0.6 is 0 Å². The summed E-state index contributed by atoms with van der Waals surface area (Å²) in [6.07, 6.45) is 7.08. The Morgan fingerprint density at radius 1 is 0.762 bits per heavy atom. The van der Waals surface area contributed by atoms with Crippen molar-refractivity contribution in [2.75, 3.05) is 5.73 Å². The number of unbranched alkanes of at least 4 members (excludes halogenated alkanes) is 2. The Kier molecular flexibility index (Phi) is 5.86. The molecule has 0 bridgehead atoms. The molecule has 1 heteroatoms. The van der Waals surface area contributed by atoms with E-state index in [1.165, 1.54) is 47.9 Å². The third-order valence-electron chi connectivity index (χ3n) is 4.10. The van der Waals surface area contributed by atoms with E-state index in [9.17, 15) is 0 Å². The number of rotatable bonds is 7. The first-order valence-electron chi connectivity index (χ1n) is 8.23. The summed E-state index contributed by atoms with van der Waals surface area (Å²) in [5, 5.41) is 0. The molecule has 21 heavy (non-hydrogen) atoms. The number of benzene rings is 2. The standard InChI is InChI=1S/C20H27N/c1-3-5-10-16-11-7-8-13-17(16)18-14-9-15-20(21)19(18)12-6-4-2/h7-9,11,13-15H,3-6,10,12,21H2,1-2H3. The van der Waals surface area contributed by atoms with Crippen molar-refractivity contribution in [3.63, 3.8) is 0 Å². The van der Waals surface area contributed by atoms with E-state index in [-0.39, 0.29) is 0 Å². The number of hydrogen-bond donors (Lipinski definition) is 1. The third-order valence-corrected chi connectivity index (χ3v) is 4.10. The van der Waals surface area contributed by atoms with Crippen LogP contribution in [0.2, 0.25) is 0 Å². The highest BCUT2D eigenvalue weighted by atomic mass is 14.6. The van der Waals surface area contributed by atoms with Gasteiger partial charge in [-0.3, -0.25) is 0 Å². The molecule has 0 spiro atoms. The van der Waals surface area contributed by atoms with Crippen molar-refractivity contribution < 1.29 is 0 Å². The van der Waals surface area contributed by atoms with Crippen molar-refractivity contribution in [2.45, 2.75) is 52.4 Å². The van der Waals surface area contributed by atoms with Gasteiger partial charge in [-0.2, -0.15) is 0 Å². The Balaban J connectivity index is 2.43. The number of nitrogen functional groups attached to an aromatic ring is 1. The van der Waals surface area contributed by atoms with Crippen LogP contribution in [0.15, 0.2) is 42.5 Å². The average molecular weight is 281 g/mol. The van der Waals surface area contributed by atoms with E-state index >= 15 is 0 Å². The molecule has 1 nitrogen and oxygen atoms in total. The number of nitrogens with two attached hydrogens (primary N) is 1. The molecule has 0 amide bonds. The highest BCUT2D eigenvalue weighted by molar-refractivity contribution is 5.75. The van der Waals surface area contributed by atoms with Gasteiger partial charge >= 0.3 is 0 Å². The zero-order valence-electron chi connectivity index (χ0n) is 13.4. The smallest absolute Gasteiger partial charge is 0.0352 e. The van der Waals surface area contributed by atoms with Crippen molar-refractivity contribution >= 4 is 5.69 Å². The van der Waals surface area contributed by atoms with Gasteiger partial charge in [0.1, 0.15) is 0 Å². The van der Waals surface area contributed by atoms with Gasteiger partial charge in [0.15, 0.2) is 0 Å². The summed E-state index contributed by atoms with van der Waals surface area (Å²) in [6, 6.07) is 15.1. The lowest BCUT2D eigenvalue weighted by atomic mass is 9.90. The second-order valence-corrected chi connectivity index (χ2v) is 5.74. The molecule has 2 rings (SSSR count). The fourth-order valence-electron chi connectivity index (χ4n) is 2.86. The summed E-state index contributed by atoms with van der Waals surface area (Å²) in [4.78, 5) is 0. The Labute approximate surface area is 129 Å². The topological polar surface area (TPSA) is 26.0 Å². The van der Waals surface area contributed by atoms with Gasteiger partial charge in [-0.1, -0.05) is 63.1 Å². The molecule has 0 aromatic heterocycles. The van der Waals surface area contributed by atoms with Gasteiger partial charge in [0.25, 0.3) is 0 Å². The Morgan fingerprint density at radius 2 is 1.43 bits per heavy atom. The largest absolute Gasteiger partial charge is 0.398 e. The van der Waals surface area contributed by atoms with Crippen LogP contribution in [0.3, 0.4) is 0 Å². The summed E-state index contributed by atoms with van der Waals surface area (Å²) >= 11 is 0. The van der Waals surface area contributed by atoms with Crippen LogP contribution in [0, 0.1) is 0 Å². The fourth-order valence-corrected chi connectivity index (χ4v) is 2.86. The maximum Gasteiger partial charge on any atom is 0.0352 e. The summed E-state index contributed by atoms with van der Waals surface area (Å²) in [5.41, 5.74) is 12.6. The van der Waals surface area contributed by atoms with Crippen LogP contribution in [0.4, 0.5) is 5.69 Å². The average Bonchev–Trinajstić information content (AvgIpc) is 2.52. The van der Waals surface area contributed by atoms with Crippen molar-refractivity contribution in [1.29, 1.82) is 0 Å². The van der Waals surface area contributed by atoms with Crippen LogP contribution in [-0.4, -0.2) is 0 Å². The van der Waals surface area contributed by atoms with Crippen LogP contribution in [0.1, 0.15) is 50.7 Å². The van der Waals surface area contributed by atoms with Gasteiger partial charge in [-0.25, -0.2) is 0 Å². The second kappa shape index (κ2) is 7.87. The van der Waals surface area contributed by atoms with Crippen LogP contribution < -0.4 is 5.73 Å². The molecule has 0 radical (unpaired) electrons. The molecule has 112 valence electrons. The van der Waals surface area contributed by atoms with E-state index < -0.39 is 0 Å². The highest BCUT2D eigenvalue weighted by Gasteiger charge is 2.11. The molecule has 0 heterocycles. The molecule has 0 saturated heterocycles. The monoisotopic (exact) mass is 281 g/mol.